The van der Waals surface area contributed by atoms with E-state index in [1.165, 1.54) is 6.07 Å². The van der Waals surface area contributed by atoms with E-state index in [1.54, 1.807) is 18.2 Å². The molecule has 6 heteroatoms. The fourth-order valence-electron chi connectivity index (χ4n) is 4.41. The van der Waals surface area contributed by atoms with Crippen molar-refractivity contribution in [2.45, 2.75) is 26.3 Å². The van der Waals surface area contributed by atoms with Gasteiger partial charge in [0.2, 0.25) is 5.71 Å². The number of aryl methyl sites for hydroxylation is 1. The number of rotatable bonds is 5. The third-order valence-electron chi connectivity index (χ3n) is 6.24. The van der Waals surface area contributed by atoms with E-state index in [0.717, 1.165) is 59.9 Å². The van der Waals surface area contributed by atoms with Gasteiger partial charge in [-0.25, -0.2) is 9.37 Å². The average molecular weight is 432 g/mol. The van der Waals surface area contributed by atoms with E-state index < -0.39 is 0 Å². The molecular weight excluding hydrogens is 405 g/mol. The minimum atomic E-state index is -0.203. The van der Waals surface area contributed by atoms with E-state index in [9.17, 15) is 9.18 Å². The van der Waals surface area contributed by atoms with Gasteiger partial charge in [0.05, 0.1) is 5.52 Å². The van der Waals surface area contributed by atoms with Crippen LogP contribution < -0.4 is 5.32 Å². The first-order chi connectivity index (χ1) is 15.5. The molecule has 0 saturated carbocycles. The topological polar surface area (TPSA) is 58.4 Å². The molecule has 2 aromatic heterocycles. The first kappa shape index (κ1) is 20.6. The van der Waals surface area contributed by atoms with Crippen LogP contribution in [0.3, 0.4) is 0 Å². The Labute approximate surface area is 186 Å². The number of amides is 1. The minimum Gasteiger partial charge on any atom is -0.433 e. The van der Waals surface area contributed by atoms with Crippen molar-refractivity contribution in [3.05, 3.63) is 77.3 Å². The molecule has 0 atom stereocenters. The third kappa shape index (κ3) is 4.50. The van der Waals surface area contributed by atoms with Gasteiger partial charge in [0.25, 0.3) is 5.91 Å². The summed E-state index contributed by atoms with van der Waals surface area (Å²) in [5, 5.41) is 4.88. The highest BCUT2D eigenvalue weighted by atomic mass is 19.1. The van der Waals surface area contributed by atoms with Gasteiger partial charge >= 0.3 is 0 Å². The van der Waals surface area contributed by atoms with Gasteiger partial charge in [0, 0.05) is 23.9 Å². The summed E-state index contributed by atoms with van der Waals surface area (Å²) < 4.78 is 19.1. The normalized spacial score (nSPS) is 15.4. The van der Waals surface area contributed by atoms with E-state index in [0.29, 0.717) is 23.9 Å². The number of carbonyl (C=O) groups excluding carboxylic acids is 1. The minimum absolute atomic E-state index is 0.191. The fraction of sp³-hybridized carbons (Fsp3) is 0.308. The molecule has 1 aliphatic rings. The van der Waals surface area contributed by atoms with E-state index in [1.807, 2.05) is 37.3 Å². The van der Waals surface area contributed by atoms with Crippen molar-refractivity contribution < 1.29 is 13.6 Å². The maximum Gasteiger partial charge on any atom is 0.287 e. The molecule has 3 heterocycles. The monoisotopic (exact) mass is 431 g/mol. The summed E-state index contributed by atoms with van der Waals surface area (Å²) in [5.41, 5.74) is 3.48. The first-order valence-electron chi connectivity index (χ1n) is 11.1. The smallest absolute Gasteiger partial charge is 0.287 e. The highest BCUT2D eigenvalue weighted by molar-refractivity contribution is 5.98. The number of pyridine rings is 1. The number of aromatic nitrogens is 1. The van der Waals surface area contributed by atoms with Crippen LogP contribution in [0.15, 0.2) is 59.0 Å². The van der Waals surface area contributed by atoms with Crippen LogP contribution in [-0.4, -0.2) is 35.4 Å². The maximum absolute atomic E-state index is 13.4. The zero-order valence-electron chi connectivity index (χ0n) is 18.1. The molecule has 1 fully saturated rings. The number of fused-ring (bicyclic) bond motifs is 2. The fourth-order valence-corrected chi connectivity index (χ4v) is 4.41. The lowest BCUT2D eigenvalue weighted by Crippen LogP contribution is -2.38. The van der Waals surface area contributed by atoms with Crippen molar-refractivity contribution in [1.82, 2.24) is 15.2 Å². The van der Waals surface area contributed by atoms with E-state index in [-0.39, 0.29) is 11.7 Å². The molecule has 0 bridgehead atoms. The zero-order valence-corrected chi connectivity index (χ0v) is 18.1. The lowest BCUT2D eigenvalue weighted by Gasteiger charge is -2.32. The van der Waals surface area contributed by atoms with Crippen molar-refractivity contribution in [2.75, 3.05) is 19.6 Å². The Hall–Kier alpha value is -3.25. The van der Waals surface area contributed by atoms with Crippen molar-refractivity contribution in [3.8, 4) is 0 Å². The largest absolute Gasteiger partial charge is 0.433 e. The first-order valence-corrected chi connectivity index (χ1v) is 11.1. The van der Waals surface area contributed by atoms with E-state index in [4.69, 9.17) is 4.42 Å². The second-order valence-corrected chi connectivity index (χ2v) is 8.75. The van der Waals surface area contributed by atoms with Crippen LogP contribution in [0.25, 0.3) is 22.0 Å². The summed E-state index contributed by atoms with van der Waals surface area (Å²) in [5.74, 6) is 0.327. The van der Waals surface area contributed by atoms with Gasteiger partial charge in [-0.3, -0.25) is 9.69 Å². The number of furan rings is 1. The zero-order chi connectivity index (χ0) is 22.1. The van der Waals surface area contributed by atoms with Crippen molar-refractivity contribution in [2.24, 2.45) is 5.92 Å². The summed E-state index contributed by atoms with van der Waals surface area (Å²) >= 11 is 0. The van der Waals surface area contributed by atoms with Crippen LogP contribution in [-0.2, 0) is 6.54 Å². The van der Waals surface area contributed by atoms with Crippen LogP contribution in [0.2, 0.25) is 0 Å². The Morgan fingerprint density at radius 2 is 1.97 bits per heavy atom. The number of benzene rings is 2. The molecule has 2 aromatic carbocycles. The molecule has 1 saturated heterocycles. The van der Waals surface area contributed by atoms with Crippen molar-refractivity contribution in [1.29, 1.82) is 0 Å². The number of hydrogen-bond acceptors (Lipinski definition) is 4. The molecule has 164 valence electrons. The quantitative estimate of drug-likeness (QED) is 0.479. The third-order valence-corrected chi connectivity index (χ3v) is 6.24. The van der Waals surface area contributed by atoms with E-state index in [2.05, 4.69) is 15.2 Å². The predicted octanol–water partition coefficient (Wildman–Crippen LogP) is 5.07. The predicted molar refractivity (Wildman–Crippen MR) is 123 cm³/mol. The van der Waals surface area contributed by atoms with Gasteiger partial charge in [-0.2, -0.15) is 0 Å². The average Bonchev–Trinajstić information content (AvgIpc) is 3.20. The molecule has 1 N–H and O–H groups in total. The highest BCUT2D eigenvalue weighted by Crippen LogP contribution is 2.24. The Morgan fingerprint density at radius 1 is 1.12 bits per heavy atom. The van der Waals surface area contributed by atoms with Gasteiger partial charge in [0.1, 0.15) is 5.82 Å². The van der Waals surface area contributed by atoms with Crippen LogP contribution in [0, 0.1) is 18.7 Å². The Kier molecular flexibility index (Phi) is 5.62. The molecule has 0 aliphatic carbocycles. The Balaban J connectivity index is 1.16. The number of nitrogens with one attached hydrogen (secondary N) is 1. The van der Waals surface area contributed by atoms with Gasteiger partial charge in [-0.15, -0.1) is 0 Å². The Bertz CT molecular complexity index is 1270. The summed E-state index contributed by atoms with van der Waals surface area (Å²) in [4.78, 5) is 19.6. The van der Waals surface area contributed by atoms with Crippen LogP contribution >= 0.6 is 0 Å². The molecule has 4 aromatic rings. The summed E-state index contributed by atoms with van der Waals surface area (Å²) in [6.45, 7) is 5.29. The van der Waals surface area contributed by atoms with E-state index >= 15 is 0 Å². The van der Waals surface area contributed by atoms with Crippen LogP contribution in [0.1, 0.15) is 34.5 Å². The number of carbonyl (C=O) groups is 1. The molecule has 32 heavy (non-hydrogen) atoms. The van der Waals surface area contributed by atoms with Gasteiger partial charge < -0.3 is 9.73 Å². The number of likely N-dealkylation sites (tertiary alicyclic amines) is 1. The molecule has 0 radical (unpaired) electrons. The number of piperidine rings is 1. The van der Waals surface area contributed by atoms with Gasteiger partial charge in [0.15, 0.2) is 5.76 Å². The molecule has 0 unspecified atom stereocenters. The van der Waals surface area contributed by atoms with Crippen molar-refractivity contribution >= 4 is 27.9 Å². The lowest BCUT2D eigenvalue weighted by molar-refractivity contribution is 0.0909. The highest BCUT2D eigenvalue weighted by Gasteiger charge is 2.21. The second kappa shape index (κ2) is 8.71. The lowest BCUT2D eigenvalue weighted by atomic mass is 9.96. The summed E-state index contributed by atoms with van der Waals surface area (Å²) in [6.07, 6.45) is 2.00. The van der Waals surface area contributed by atoms with Gasteiger partial charge in [-0.05, 0) is 80.2 Å². The number of halogens is 1. The molecular formula is C26H26FN3O2. The maximum atomic E-state index is 13.4. The molecule has 1 amide bonds. The van der Waals surface area contributed by atoms with Crippen LogP contribution in [0.5, 0.6) is 0 Å². The molecule has 5 rings (SSSR count). The van der Waals surface area contributed by atoms with Crippen LogP contribution in [0.4, 0.5) is 4.39 Å². The summed E-state index contributed by atoms with van der Waals surface area (Å²) in [7, 11) is 0. The number of hydrogen-bond donors (Lipinski definition) is 1. The second-order valence-electron chi connectivity index (χ2n) is 8.75. The molecule has 1 aliphatic heterocycles. The van der Waals surface area contributed by atoms with Gasteiger partial charge in [-0.1, -0.05) is 24.3 Å². The number of nitrogens with zero attached hydrogens (tertiary/aromatic N) is 2. The molecule has 5 nitrogen and oxygen atoms in total. The SMILES string of the molecule is Cc1ccc2cc3cc(C(=O)NCC4CCN(Cc5cccc(F)c5)CC4)oc3nc2c1. The standard InChI is InChI=1S/C26H26FN3O2/c1-17-5-6-20-13-21-14-24(32-26(21)29-23(20)11-17)25(31)28-15-18-7-9-30(10-8-18)16-19-3-2-4-22(27)12-19/h2-6,11-14,18H,7-10,15-16H2,1H3,(H,28,31). The van der Waals surface area contributed by atoms with Crippen molar-refractivity contribution in [3.63, 3.8) is 0 Å². The Morgan fingerprint density at radius 3 is 2.78 bits per heavy atom. The molecule has 0 spiro atoms. The summed E-state index contributed by atoms with van der Waals surface area (Å²) in [6, 6.07) is 16.6.